The highest BCUT2D eigenvalue weighted by atomic mass is 35.5. The van der Waals surface area contributed by atoms with Gasteiger partial charge in [-0.05, 0) is 68.4 Å². The van der Waals surface area contributed by atoms with Crippen molar-refractivity contribution in [3.63, 3.8) is 0 Å². The third-order valence-electron chi connectivity index (χ3n) is 5.04. The van der Waals surface area contributed by atoms with E-state index < -0.39 is 0 Å². The second-order valence-corrected chi connectivity index (χ2v) is 7.70. The summed E-state index contributed by atoms with van der Waals surface area (Å²) in [6.45, 7) is 9.44. The molecule has 4 heteroatoms. The molecular weight excluding hydrogens is 354 g/mol. The van der Waals surface area contributed by atoms with Crippen molar-refractivity contribution in [2.75, 3.05) is 6.54 Å². The number of hydrogen-bond acceptors (Lipinski definition) is 3. The molecule has 3 nitrogen and oxygen atoms in total. The minimum Gasteiger partial charge on any atom is -0.389 e. The Labute approximate surface area is 168 Å². The first-order valence-corrected chi connectivity index (χ1v) is 10.3. The maximum atomic E-state index is 6.46. The second kappa shape index (κ2) is 9.18. The van der Waals surface area contributed by atoms with Crippen LogP contribution in [0.4, 0.5) is 0 Å². The highest BCUT2D eigenvalue weighted by Gasteiger charge is 2.25. The highest BCUT2D eigenvalue weighted by Crippen LogP contribution is 2.36. The molecule has 27 heavy (non-hydrogen) atoms. The number of halogens is 1. The van der Waals surface area contributed by atoms with E-state index in [0.29, 0.717) is 0 Å². The van der Waals surface area contributed by atoms with E-state index in [1.54, 1.807) is 0 Å². The third-order valence-corrected chi connectivity index (χ3v) is 5.38. The van der Waals surface area contributed by atoms with Crippen LogP contribution in [0.15, 0.2) is 71.4 Å². The van der Waals surface area contributed by atoms with E-state index in [-0.39, 0.29) is 6.04 Å². The third kappa shape index (κ3) is 4.98. The van der Waals surface area contributed by atoms with Crippen LogP contribution in [-0.2, 0) is 0 Å². The van der Waals surface area contributed by atoms with Crippen LogP contribution < -0.4 is 16.0 Å². The summed E-state index contributed by atoms with van der Waals surface area (Å²) in [7, 11) is 0. The molecule has 0 aromatic heterocycles. The smallest absolute Gasteiger partial charge is 0.0732 e. The van der Waals surface area contributed by atoms with Gasteiger partial charge in [-0.15, -0.1) is 0 Å². The molecule has 1 heterocycles. The van der Waals surface area contributed by atoms with Gasteiger partial charge < -0.3 is 16.0 Å². The van der Waals surface area contributed by atoms with Crippen molar-refractivity contribution >= 4 is 11.6 Å². The molecule has 0 bridgehead atoms. The van der Waals surface area contributed by atoms with Crippen molar-refractivity contribution in [1.29, 1.82) is 0 Å². The van der Waals surface area contributed by atoms with Gasteiger partial charge in [0.2, 0.25) is 0 Å². The normalized spacial score (nSPS) is 19.7. The zero-order chi connectivity index (χ0) is 19.2. The predicted molar refractivity (Wildman–Crippen MR) is 115 cm³/mol. The Morgan fingerprint density at radius 1 is 1.30 bits per heavy atom. The molecule has 0 saturated heterocycles. The van der Waals surface area contributed by atoms with Crippen LogP contribution in [0.3, 0.4) is 0 Å². The average molecular weight is 384 g/mol. The molecule has 1 aliphatic heterocycles. The van der Waals surface area contributed by atoms with Crippen LogP contribution in [0.25, 0.3) is 0 Å². The fourth-order valence-electron chi connectivity index (χ4n) is 3.71. The zero-order valence-electron chi connectivity index (χ0n) is 16.4. The van der Waals surface area contributed by atoms with Crippen LogP contribution in [-0.4, -0.2) is 6.54 Å². The monoisotopic (exact) mass is 383 g/mol. The summed E-state index contributed by atoms with van der Waals surface area (Å²) in [6, 6.07) is 8.14. The molecule has 1 unspecified atom stereocenters. The summed E-state index contributed by atoms with van der Waals surface area (Å²) in [5.41, 5.74) is 7.03. The maximum absolute atomic E-state index is 6.46. The predicted octanol–water partition coefficient (Wildman–Crippen LogP) is 5.70. The SMILES string of the molecule is C=C(/C=C(/C)NCCC)NC1=CC(c2ccccc2Cl)NC2=C1CCCC2. The van der Waals surface area contributed by atoms with Crippen LogP contribution in [0.1, 0.15) is 57.6 Å². The van der Waals surface area contributed by atoms with Crippen molar-refractivity contribution in [3.05, 3.63) is 81.9 Å². The van der Waals surface area contributed by atoms with E-state index in [9.17, 15) is 0 Å². The summed E-state index contributed by atoms with van der Waals surface area (Å²) < 4.78 is 0. The Balaban J connectivity index is 1.84. The number of rotatable bonds is 7. The highest BCUT2D eigenvalue weighted by molar-refractivity contribution is 6.31. The molecule has 1 atom stereocenters. The lowest BCUT2D eigenvalue weighted by Gasteiger charge is -2.33. The Hall–Kier alpha value is -2.13. The summed E-state index contributed by atoms with van der Waals surface area (Å²) >= 11 is 6.46. The molecule has 0 fully saturated rings. The molecule has 3 rings (SSSR count). The molecule has 1 aliphatic carbocycles. The lowest BCUT2D eigenvalue weighted by molar-refractivity contribution is 0.568. The van der Waals surface area contributed by atoms with Gasteiger partial charge in [-0.2, -0.15) is 0 Å². The van der Waals surface area contributed by atoms with Gasteiger partial charge in [0.1, 0.15) is 0 Å². The molecule has 1 aromatic carbocycles. The van der Waals surface area contributed by atoms with Crippen LogP contribution in [0.5, 0.6) is 0 Å². The van der Waals surface area contributed by atoms with Crippen molar-refractivity contribution in [2.24, 2.45) is 0 Å². The van der Waals surface area contributed by atoms with Crippen molar-refractivity contribution in [1.82, 2.24) is 16.0 Å². The average Bonchev–Trinajstić information content (AvgIpc) is 2.66. The minimum atomic E-state index is 0.0779. The largest absolute Gasteiger partial charge is 0.389 e. The first-order chi connectivity index (χ1) is 13.1. The zero-order valence-corrected chi connectivity index (χ0v) is 17.1. The molecular formula is C23H30ClN3. The minimum absolute atomic E-state index is 0.0779. The Morgan fingerprint density at radius 3 is 2.85 bits per heavy atom. The van der Waals surface area contributed by atoms with Crippen LogP contribution >= 0.6 is 11.6 Å². The molecule has 0 saturated carbocycles. The lowest BCUT2D eigenvalue weighted by Crippen LogP contribution is -2.30. The van der Waals surface area contributed by atoms with E-state index in [2.05, 4.69) is 54.6 Å². The molecule has 0 amide bonds. The van der Waals surface area contributed by atoms with Gasteiger partial charge >= 0.3 is 0 Å². The standard InChI is InChI=1S/C23H30ClN3/c1-4-13-25-16(2)14-17(3)26-23-15-22(18-9-5-7-11-20(18)24)27-21-12-8-6-10-19(21)23/h5,7,9,11,14-15,22,25-27H,3-4,6,8,10,12-13H2,1-2H3/b16-14-. The number of allylic oxidation sites excluding steroid dienone is 4. The number of dihydropyridines is 1. The fraction of sp³-hybridized carbons (Fsp3) is 0.391. The van der Waals surface area contributed by atoms with Crippen molar-refractivity contribution < 1.29 is 0 Å². The summed E-state index contributed by atoms with van der Waals surface area (Å²) in [6.07, 6.45) is 10.1. The number of hydrogen-bond donors (Lipinski definition) is 3. The number of nitrogens with one attached hydrogen (secondary N) is 3. The molecule has 3 N–H and O–H groups in total. The van der Waals surface area contributed by atoms with Gasteiger partial charge in [0.05, 0.1) is 6.04 Å². The van der Waals surface area contributed by atoms with Gasteiger partial charge in [0.25, 0.3) is 0 Å². The summed E-state index contributed by atoms with van der Waals surface area (Å²) in [5, 5.41) is 11.5. The Bertz CT molecular complexity index is 789. The van der Waals surface area contributed by atoms with E-state index >= 15 is 0 Å². The molecule has 144 valence electrons. The molecule has 0 radical (unpaired) electrons. The van der Waals surface area contributed by atoms with Gasteiger partial charge in [-0.1, -0.05) is 43.3 Å². The van der Waals surface area contributed by atoms with Crippen molar-refractivity contribution in [2.45, 2.75) is 52.0 Å². The first-order valence-electron chi connectivity index (χ1n) is 9.91. The Morgan fingerprint density at radius 2 is 2.07 bits per heavy atom. The maximum Gasteiger partial charge on any atom is 0.0732 e. The topological polar surface area (TPSA) is 36.1 Å². The van der Waals surface area contributed by atoms with Gasteiger partial charge in [-0.3, -0.25) is 0 Å². The van der Waals surface area contributed by atoms with Crippen LogP contribution in [0, 0.1) is 0 Å². The molecule has 2 aliphatic rings. The van der Waals surface area contributed by atoms with E-state index in [4.69, 9.17) is 11.6 Å². The Kier molecular flexibility index (Phi) is 6.68. The van der Waals surface area contributed by atoms with E-state index in [1.165, 1.54) is 24.1 Å². The van der Waals surface area contributed by atoms with Gasteiger partial charge in [0, 0.05) is 34.4 Å². The quantitative estimate of drug-likeness (QED) is 0.528. The van der Waals surface area contributed by atoms with Gasteiger partial charge in [-0.25, -0.2) is 0 Å². The number of benzene rings is 1. The molecule has 1 aromatic rings. The molecule has 0 spiro atoms. The van der Waals surface area contributed by atoms with E-state index in [1.807, 2.05) is 18.2 Å². The summed E-state index contributed by atoms with van der Waals surface area (Å²) in [5.74, 6) is 0. The first kappa shape index (κ1) is 19.6. The van der Waals surface area contributed by atoms with Crippen molar-refractivity contribution in [3.8, 4) is 0 Å². The van der Waals surface area contributed by atoms with Crippen LogP contribution in [0.2, 0.25) is 5.02 Å². The van der Waals surface area contributed by atoms with E-state index in [0.717, 1.165) is 53.5 Å². The second-order valence-electron chi connectivity index (χ2n) is 7.29. The van der Waals surface area contributed by atoms with Gasteiger partial charge in [0.15, 0.2) is 0 Å². The summed E-state index contributed by atoms with van der Waals surface area (Å²) in [4.78, 5) is 0. The fourth-order valence-corrected chi connectivity index (χ4v) is 3.97. The lowest BCUT2D eigenvalue weighted by atomic mass is 9.88.